The minimum absolute atomic E-state index is 0.00931. The third-order valence-electron chi connectivity index (χ3n) is 5.64. The van der Waals surface area contributed by atoms with Gasteiger partial charge in [-0.05, 0) is 24.6 Å². The van der Waals surface area contributed by atoms with E-state index in [9.17, 15) is 4.79 Å². The zero-order valence-electron chi connectivity index (χ0n) is 16.9. The Balaban J connectivity index is 1.58. The fourth-order valence-electron chi connectivity index (χ4n) is 4.06. The molecule has 2 aromatic rings. The van der Waals surface area contributed by atoms with Gasteiger partial charge in [0.15, 0.2) is 0 Å². The Morgan fingerprint density at radius 2 is 2.03 bits per heavy atom. The van der Waals surface area contributed by atoms with Crippen molar-refractivity contribution in [1.29, 1.82) is 0 Å². The molecule has 154 valence electrons. The van der Waals surface area contributed by atoms with Crippen molar-refractivity contribution in [1.82, 2.24) is 14.9 Å². The molecular weight excluding hydrogens is 402 g/mol. The summed E-state index contributed by atoms with van der Waals surface area (Å²) in [4.78, 5) is 31.7. The van der Waals surface area contributed by atoms with E-state index < -0.39 is 0 Å². The molecule has 0 aliphatic carbocycles. The Kier molecular flexibility index (Phi) is 4.58. The molecule has 1 aromatic carbocycles. The maximum atomic E-state index is 12.3. The molecule has 1 N–H and O–H groups in total. The number of fused-ring (bicyclic) bond motifs is 3. The van der Waals surface area contributed by atoms with Crippen LogP contribution in [0.25, 0.3) is 11.6 Å². The van der Waals surface area contributed by atoms with Gasteiger partial charge in [-0.3, -0.25) is 9.89 Å². The molecule has 1 saturated heterocycles. The second-order valence-electron chi connectivity index (χ2n) is 7.51. The molecular formula is C21H22ClN7O. The van der Waals surface area contributed by atoms with Crippen molar-refractivity contribution in [3.8, 4) is 0 Å². The molecule has 4 heterocycles. The molecule has 0 atom stereocenters. The van der Waals surface area contributed by atoms with E-state index in [1.807, 2.05) is 30.5 Å². The van der Waals surface area contributed by atoms with Crippen LogP contribution in [0.15, 0.2) is 29.4 Å². The Labute approximate surface area is 179 Å². The lowest BCUT2D eigenvalue weighted by Crippen LogP contribution is -2.39. The molecule has 8 nitrogen and oxygen atoms in total. The van der Waals surface area contributed by atoms with E-state index in [4.69, 9.17) is 16.6 Å². The monoisotopic (exact) mass is 423 g/mol. The van der Waals surface area contributed by atoms with Crippen LogP contribution >= 0.6 is 11.6 Å². The number of carbonyl (C=O) groups excluding carboxylic acids is 1. The quantitative estimate of drug-likeness (QED) is 0.820. The highest BCUT2D eigenvalue weighted by Gasteiger charge is 2.31. The van der Waals surface area contributed by atoms with Crippen LogP contribution in [-0.4, -0.2) is 67.0 Å². The topological polar surface area (TPSA) is 77.0 Å². The molecule has 2 amide bonds. The SMILES string of the molecule is CNc1ncc2c(n1)N1CCCN=C1C(c1ccc(N3CCN(C)C3=O)cc1Cl)=C2. The maximum Gasteiger partial charge on any atom is 0.324 e. The fraction of sp³-hybridized carbons (Fsp3) is 0.333. The first-order valence-corrected chi connectivity index (χ1v) is 10.4. The van der Waals surface area contributed by atoms with Crippen LogP contribution in [-0.2, 0) is 0 Å². The number of urea groups is 1. The number of amides is 2. The molecule has 0 bridgehead atoms. The third-order valence-corrected chi connectivity index (χ3v) is 5.96. The lowest BCUT2D eigenvalue weighted by atomic mass is 9.96. The number of aromatic nitrogens is 2. The predicted octanol–water partition coefficient (Wildman–Crippen LogP) is 3.21. The number of hydrogen-bond donors (Lipinski definition) is 1. The predicted molar refractivity (Wildman–Crippen MR) is 121 cm³/mol. The molecule has 1 fully saturated rings. The molecule has 3 aliphatic heterocycles. The van der Waals surface area contributed by atoms with Crippen LogP contribution < -0.4 is 15.1 Å². The average Bonchev–Trinajstić information content (AvgIpc) is 3.11. The number of amidine groups is 1. The summed E-state index contributed by atoms with van der Waals surface area (Å²) in [5.41, 5.74) is 3.57. The summed E-state index contributed by atoms with van der Waals surface area (Å²) in [7, 11) is 3.61. The standard InChI is InChI=1S/C21H22ClN7O/c1-23-20-25-12-13-10-16(19-24-6-3-7-29(19)18(13)26-20)15-5-4-14(11-17(15)22)28-9-8-27(2)21(28)30/h4-5,10-12H,3,6-9H2,1-2H3,(H,23,25,26). The third kappa shape index (κ3) is 2.99. The van der Waals surface area contributed by atoms with Gasteiger partial charge >= 0.3 is 6.03 Å². The number of halogens is 1. The van der Waals surface area contributed by atoms with Crippen LogP contribution in [0.3, 0.4) is 0 Å². The average molecular weight is 424 g/mol. The number of hydrogen-bond acceptors (Lipinski definition) is 6. The van der Waals surface area contributed by atoms with Crippen LogP contribution in [0.2, 0.25) is 5.02 Å². The van der Waals surface area contributed by atoms with Gasteiger partial charge < -0.3 is 15.1 Å². The lowest BCUT2D eigenvalue weighted by molar-refractivity contribution is 0.229. The van der Waals surface area contributed by atoms with E-state index in [0.29, 0.717) is 24.1 Å². The van der Waals surface area contributed by atoms with Gasteiger partial charge in [0.05, 0.1) is 5.02 Å². The van der Waals surface area contributed by atoms with Gasteiger partial charge in [-0.1, -0.05) is 17.7 Å². The van der Waals surface area contributed by atoms with Crippen molar-refractivity contribution in [2.24, 2.45) is 4.99 Å². The highest BCUT2D eigenvalue weighted by atomic mass is 35.5. The highest BCUT2D eigenvalue weighted by Crippen LogP contribution is 2.38. The minimum Gasteiger partial charge on any atom is -0.357 e. The summed E-state index contributed by atoms with van der Waals surface area (Å²) < 4.78 is 0. The van der Waals surface area contributed by atoms with Gasteiger partial charge in [0, 0.05) is 68.9 Å². The van der Waals surface area contributed by atoms with Crippen molar-refractivity contribution in [2.45, 2.75) is 6.42 Å². The number of anilines is 3. The molecule has 5 rings (SSSR count). The number of nitrogens with one attached hydrogen (secondary N) is 1. The summed E-state index contributed by atoms with van der Waals surface area (Å²) in [5, 5.41) is 3.59. The second kappa shape index (κ2) is 7.28. The first kappa shape index (κ1) is 18.9. The Morgan fingerprint density at radius 3 is 2.77 bits per heavy atom. The van der Waals surface area contributed by atoms with E-state index in [-0.39, 0.29) is 6.03 Å². The number of rotatable bonds is 3. The van der Waals surface area contributed by atoms with Crippen molar-refractivity contribution in [2.75, 3.05) is 55.4 Å². The number of nitrogens with zero attached hydrogens (tertiary/aromatic N) is 6. The summed E-state index contributed by atoms with van der Waals surface area (Å²) in [6.45, 7) is 2.98. The normalized spacial score (nSPS) is 18.1. The van der Waals surface area contributed by atoms with Crippen molar-refractivity contribution >= 4 is 52.6 Å². The summed E-state index contributed by atoms with van der Waals surface area (Å²) in [5.74, 6) is 2.31. The van der Waals surface area contributed by atoms with E-state index in [1.54, 1.807) is 23.9 Å². The van der Waals surface area contributed by atoms with Gasteiger partial charge in [-0.15, -0.1) is 0 Å². The van der Waals surface area contributed by atoms with Gasteiger partial charge in [0.25, 0.3) is 0 Å². The molecule has 0 unspecified atom stereocenters. The number of aliphatic imine (C=N–C) groups is 1. The van der Waals surface area contributed by atoms with Gasteiger partial charge in [0.1, 0.15) is 11.7 Å². The molecule has 0 saturated carbocycles. The summed E-state index contributed by atoms with van der Waals surface area (Å²) in [6.07, 6.45) is 4.83. The van der Waals surface area contributed by atoms with E-state index in [0.717, 1.165) is 53.6 Å². The van der Waals surface area contributed by atoms with Crippen LogP contribution in [0.1, 0.15) is 17.5 Å². The second-order valence-corrected chi connectivity index (χ2v) is 7.92. The number of carbonyl (C=O) groups is 1. The van der Waals surface area contributed by atoms with Crippen LogP contribution in [0.5, 0.6) is 0 Å². The van der Waals surface area contributed by atoms with E-state index in [1.165, 1.54) is 0 Å². The molecule has 3 aliphatic rings. The van der Waals surface area contributed by atoms with Crippen molar-refractivity contribution in [3.63, 3.8) is 0 Å². The maximum absolute atomic E-state index is 12.3. The summed E-state index contributed by atoms with van der Waals surface area (Å²) in [6, 6.07) is 5.77. The highest BCUT2D eigenvalue weighted by molar-refractivity contribution is 6.40. The Morgan fingerprint density at radius 1 is 1.17 bits per heavy atom. The van der Waals surface area contributed by atoms with Gasteiger partial charge in [-0.2, -0.15) is 4.98 Å². The van der Waals surface area contributed by atoms with Crippen molar-refractivity contribution in [3.05, 3.63) is 40.5 Å². The minimum atomic E-state index is -0.00931. The van der Waals surface area contributed by atoms with Crippen LogP contribution in [0, 0.1) is 0 Å². The fourth-order valence-corrected chi connectivity index (χ4v) is 4.33. The van der Waals surface area contributed by atoms with Crippen LogP contribution in [0.4, 0.5) is 22.2 Å². The first-order chi connectivity index (χ1) is 14.6. The van der Waals surface area contributed by atoms with E-state index >= 15 is 0 Å². The molecule has 0 radical (unpaired) electrons. The molecule has 0 spiro atoms. The van der Waals surface area contributed by atoms with Crippen molar-refractivity contribution < 1.29 is 4.79 Å². The Bertz CT molecular complexity index is 1100. The molecule has 9 heteroatoms. The zero-order valence-corrected chi connectivity index (χ0v) is 17.6. The largest absolute Gasteiger partial charge is 0.357 e. The number of benzene rings is 1. The van der Waals surface area contributed by atoms with E-state index in [2.05, 4.69) is 20.2 Å². The smallest absolute Gasteiger partial charge is 0.324 e. The Hall–Kier alpha value is -3.13. The molecule has 1 aromatic heterocycles. The summed E-state index contributed by atoms with van der Waals surface area (Å²) >= 11 is 6.72. The van der Waals surface area contributed by atoms with Gasteiger partial charge in [-0.25, -0.2) is 9.78 Å². The molecule has 30 heavy (non-hydrogen) atoms. The first-order valence-electron chi connectivity index (χ1n) is 9.98. The number of likely N-dealkylation sites (N-methyl/N-ethyl adjacent to an activating group) is 1. The van der Waals surface area contributed by atoms with Gasteiger partial charge in [0.2, 0.25) is 5.95 Å². The lowest BCUT2D eigenvalue weighted by Gasteiger charge is -2.34. The zero-order chi connectivity index (χ0) is 20.8.